The number of hydrogen-bond donors (Lipinski definition) is 0. The summed E-state index contributed by atoms with van der Waals surface area (Å²) >= 11 is 0. The summed E-state index contributed by atoms with van der Waals surface area (Å²) < 4.78 is 9.42. The largest absolute Gasteiger partial charge is 0.456 e. The third-order valence-electron chi connectivity index (χ3n) is 15.6. The summed E-state index contributed by atoms with van der Waals surface area (Å²) in [6.07, 6.45) is 0. The minimum Gasteiger partial charge on any atom is -0.456 e. The zero-order chi connectivity index (χ0) is 49.6. The molecule has 0 unspecified atom stereocenters. The van der Waals surface area contributed by atoms with E-state index in [1.54, 1.807) is 0 Å². The highest BCUT2D eigenvalue weighted by atomic mass is 16.3. The van der Waals surface area contributed by atoms with Crippen LogP contribution in [0.15, 0.2) is 162 Å². The van der Waals surface area contributed by atoms with E-state index < -0.39 is 0 Å². The minimum absolute atomic E-state index is 0.0209. The van der Waals surface area contributed by atoms with Crippen molar-refractivity contribution >= 4 is 116 Å². The Labute approximate surface area is 421 Å². The molecule has 0 N–H and O–H groups in total. The number of aromatic nitrogens is 1. The van der Waals surface area contributed by atoms with Crippen molar-refractivity contribution in [2.24, 2.45) is 0 Å². The smallest absolute Gasteiger partial charge is 0.136 e. The molecule has 13 rings (SSSR count). The molecule has 0 amide bonds. The lowest BCUT2D eigenvalue weighted by atomic mass is 9.86. The maximum atomic E-state index is 6.88. The average Bonchev–Trinajstić information content (AvgIpc) is 3.97. The van der Waals surface area contributed by atoms with Crippen LogP contribution in [0.2, 0.25) is 0 Å². The van der Waals surface area contributed by atoms with Crippen LogP contribution in [0, 0.1) is 55.4 Å². The SMILES string of the molecule is Cc1ccc(N(c2ccc3cc4c(cc3c2)oc2cc3cc5c(cc3cc24)c2ccc(N(c3ccc(C)cc3C)c3ccc(C)cc3C)c3c4cc(C(C)(C)C)ccc4n5c23)c2ccc(C)cc2C)c(C)c1. The molecule has 0 aliphatic carbocycles. The van der Waals surface area contributed by atoms with Gasteiger partial charge >= 0.3 is 0 Å². The Morgan fingerprint density at radius 2 is 0.847 bits per heavy atom. The Balaban J connectivity index is 1.01. The number of furan rings is 1. The van der Waals surface area contributed by atoms with Crippen molar-refractivity contribution in [3.8, 4) is 0 Å². The van der Waals surface area contributed by atoms with Gasteiger partial charge in [0.05, 0.1) is 22.2 Å². The normalized spacial score (nSPS) is 12.4. The molecule has 72 heavy (non-hydrogen) atoms. The molecule has 0 atom stereocenters. The Morgan fingerprint density at radius 3 is 1.39 bits per heavy atom. The zero-order valence-corrected chi connectivity index (χ0v) is 43.3. The molecule has 4 nitrogen and oxygen atoms in total. The zero-order valence-electron chi connectivity index (χ0n) is 43.3. The van der Waals surface area contributed by atoms with E-state index in [2.05, 4.69) is 248 Å². The van der Waals surface area contributed by atoms with Crippen molar-refractivity contribution in [2.45, 2.75) is 81.6 Å². The summed E-state index contributed by atoms with van der Waals surface area (Å²) in [4.78, 5) is 4.93. The molecule has 0 spiro atoms. The Morgan fingerprint density at radius 1 is 0.361 bits per heavy atom. The monoisotopic (exact) mass is 933 g/mol. The van der Waals surface area contributed by atoms with Gasteiger partial charge < -0.3 is 18.6 Å². The molecule has 352 valence electrons. The van der Waals surface area contributed by atoms with Gasteiger partial charge in [0.25, 0.3) is 0 Å². The molecule has 13 aromatic rings. The van der Waals surface area contributed by atoms with Crippen molar-refractivity contribution in [2.75, 3.05) is 9.80 Å². The highest BCUT2D eigenvalue weighted by Gasteiger charge is 2.28. The van der Waals surface area contributed by atoms with Gasteiger partial charge in [0, 0.05) is 60.8 Å². The average molecular weight is 934 g/mol. The fraction of sp³-hybridized carbons (Fsp3) is 0.176. The van der Waals surface area contributed by atoms with Crippen LogP contribution in [0.3, 0.4) is 0 Å². The van der Waals surface area contributed by atoms with Gasteiger partial charge in [-0.2, -0.15) is 0 Å². The predicted molar refractivity (Wildman–Crippen MR) is 309 cm³/mol. The van der Waals surface area contributed by atoms with Crippen LogP contribution in [0.4, 0.5) is 34.1 Å². The molecule has 4 heteroatoms. The number of fused-ring (bicyclic) bond motifs is 11. The first kappa shape index (κ1) is 43.9. The number of rotatable bonds is 6. The van der Waals surface area contributed by atoms with Gasteiger partial charge in [-0.3, -0.25) is 0 Å². The summed E-state index contributed by atoms with van der Waals surface area (Å²) in [6, 6.07) is 60.0. The molecule has 0 aliphatic heterocycles. The molecule has 0 fully saturated rings. The summed E-state index contributed by atoms with van der Waals surface area (Å²) in [6.45, 7) is 24.6. The molecule has 0 aliphatic rings. The van der Waals surface area contributed by atoms with E-state index in [4.69, 9.17) is 4.42 Å². The van der Waals surface area contributed by atoms with Crippen LogP contribution >= 0.6 is 0 Å². The molecule has 0 saturated heterocycles. The number of anilines is 6. The lowest BCUT2D eigenvalue weighted by molar-refractivity contribution is 0.591. The first-order chi connectivity index (χ1) is 34.6. The molecule has 0 radical (unpaired) electrons. The van der Waals surface area contributed by atoms with E-state index >= 15 is 0 Å². The number of benzene rings is 10. The lowest BCUT2D eigenvalue weighted by Crippen LogP contribution is -2.13. The first-order valence-electron chi connectivity index (χ1n) is 25.5. The van der Waals surface area contributed by atoms with E-state index in [-0.39, 0.29) is 5.41 Å². The molecule has 0 bridgehead atoms. The molecule has 10 aromatic carbocycles. The third kappa shape index (κ3) is 6.72. The van der Waals surface area contributed by atoms with Gasteiger partial charge in [0.2, 0.25) is 0 Å². The lowest BCUT2D eigenvalue weighted by Gasteiger charge is -2.30. The van der Waals surface area contributed by atoms with Crippen LogP contribution in [0.25, 0.3) is 81.6 Å². The first-order valence-corrected chi connectivity index (χ1v) is 25.5. The van der Waals surface area contributed by atoms with Gasteiger partial charge in [-0.05, 0) is 201 Å². The van der Waals surface area contributed by atoms with Gasteiger partial charge in [-0.15, -0.1) is 0 Å². The van der Waals surface area contributed by atoms with Crippen LogP contribution in [0.1, 0.15) is 70.8 Å². The fourth-order valence-electron chi connectivity index (χ4n) is 12.1. The Kier molecular flexibility index (Phi) is 9.58. The minimum atomic E-state index is -0.0209. The second kappa shape index (κ2) is 15.7. The predicted octanol–water partition coefficient (Wildman–Crippen LogP) is 19.7. The Bertz CT molecular complexity index is 4320. The standard InChI is InChI=1S/C68H59N3O/c1-38-12-20-57(42(5)26-38)69(58-21-13-39(2)27-43(58)6)51-18-16-46-31-54-55-33-48-32-53-52-19-25-62(70(59-22-14-40(3)28-44(59)7)60-23-15-41(4)29-45(60)8)66-56-37-50(68(9,10)11)17-24-61(56)71(67(52)66)63(53)34-49(48)36-65(55)72-64(54)35-47(46)30-51/h12-37H,1-11H3. The van der Waals surface area contributed by atoms with Crippen molar-refractivity contribution in [3.05, 3.63) is 208 Å². The van der Waals surface area contributed by atoms with Crippen LogP contribution in [-0.4, -0.2) is 4.40 Å². The molecule has 0 saturated carbocycles. The van der Waals surface area contributed by atoms with Gasteiger partial charge in [0.1, 0.15) is 11.2 Å². The molecular formula is C68H59N3O. The second-order valence-corrected chi connectivity index (χ2v) is 22.1. The number of aryl methyl sites for hydroxylation is 8. The molecule has 3 aromatic heterocycles. The summed E-state index contributed by atoms with van der Waals surface area (Å²) in [5.74, 6) is 0. The van der Waals surface area contributed by atoms with Crippen molar-refractivity contribution in [1.82, 2.24) is 4.40 Å². The van der Waals surface area contributed by atoms with Crippen molar-refractivity contribution in [3.63, 3.8) is 0 Å². The van der Waals surface area contributed by atoms with Crippen LogP contribution < -0.4 is 9.80 Å². The van der Waals surface area contributed by atoms with Crippen LogP contribution in [-0.2, 0) is 5.41 Å². The maximum absolute atomic E-state index is 6.88. The van der Waals surface area contributed by atoms with Crippen LogP contribution in [0.5, 0.6) is 0 Å². The van der Waals surface area contributed by atoms with E-state index in [0.29, 0.717) is 0 Å². The number of nitrogens with zero attached hydrogens (tertiary/aromatic N) is 3. The topological polar surface area (TPSA) is 24.0 Å². The van der Waals surface area contributed by atoms with Crippen molar-refractivity contribution < 1.29 is 4.42 Å². The summed E-state index contributed by atoms with van der Waals surface area (Å²) in [7, 11) is 0. The highest BCUT2D eigenvalue weighted by molar-refractivity contribution is 6.29. The Hall–Kier alpha value is -8.08. The molecule has 3 heterocycles. The summed E-state index contributed by atoms with van der Waals surface area (Å²) in [5, 5.41) is 12.0. The van der Waals surface area contributed by atoms with Gasteiger partial charge in [0.15, 0.2) is 0 Å². The third-order valence-corrected chi connectivity index (χ3v) is 15.6. The second-order valence-electron chi connectivity index (χ2n) is 22.1. The van der Waals surface area contributed by atoms with Crippen molar-refractivity contribution in [1.29, 1.82) is 0 Å². The van der Waals surface area contributed by atoms with E-state index in [9.17, 15) is 0 Å². The fourth-order valence-corrected chi connectivity index (χ4v) is 12.1. The summed E-state index contributed by atoms with van der Waals surface area (Å²) in [5.41, 5.74) is 23.8. The van der Waals surface area contributed by atoms with E-state index in [1.807, 2.05) is 0 Å². The molecular weight excluding hydrogens is 875 g/mol. The van der Waals surface area contributed by atoms with Gasteiger partial charge in [-0.1, -0.05) is 110 Å². The highest BCUT2D eigenvalue weighted by Crippen LogP contribution is 2.50. The number of hydrogen-bond acceptors (Lipinski definition) is 3. The van der Waals surface area contributed by atoms with E-state index in [0.717, 1.165) is 38.4 Å². The van der Waals surface area contributed by atoms with E-state index in [1.165, 1.54) is 127 Å². The quantitative estimate of drug-likeness (QED) is 0.166. The maximum Gasteiger partial charge on any atom is 0.136 e. The van der Waals surface area contributed by atoms with Gasteiger partial charge in [-0.25, -0.2) is 0 Å².